The van der Waals surface area contributed by atoms with Gasteiger partial charge in [-0.05, 0) is 6.42 Å². The Hall–Kier alpha value is -0.900. The molecule has 0 radical (unpaired) electrons. The van der Waals surface area contributed by atoms with Crippen molar-refractivity contribution in [2.45, 2.75) is 46.0 Å². The van der Waals surface area contributed by atoms with Gasteiger partial charge in [-0.15, -0.1) is 11.3 Å². The van der Waals surface area contributed by atoms with Crippen molar-refractivity contribution in [3.63, 3.8) is 0 Å². The van der Waals surface area contributed by atoms with Crippen LogP contribution in [0.3, 0.4) is 0 Å². The average Bonchev–Trinajstić information content (AvgIpc) is 2.66. The number of hydrogen-bond acceptors (Lipinski definition) is 4. The Kier molecular flexibility index (Phi) is 5.46. The molecule has 1 rings (SSSR count). The molecule has 0 bridgehead atoms. The molecule has 0 aliphatic heterocycles. The van der Waals surface area contributed by atoms with Crippen LogP contribution in [0.15, 0.2) is 5.38 Å². The van der Waals surface area contributed by atoms with Crippen LogP contribution in [0.25, 0.3) is 0 Å². The summed E-state index contributed by atoms with van der Waals surface area (Å²) >= 11 is 1.61. The second kappa shape index (κ2) is 6.63. The van der Waals surface area contributed by atoms with Gasteiger partial charge in [-0.3, -0.25) is 4.79 Å². The van der Waals surface area contributed by atoms with Crippen molar-refractivity contribution in [1.29, 1.82) is 0 Å². The molecule has 0 amide bonds. The van der Waals surface area contributed by atoms with E-state index in [1.165, 1.54) is 0 Å². The van der Waals surface area contributed by atoms with E-state index >= 15 is 0 Å². The minimum absolute atomic E-state index is 0.172. The SMILES string of the molecule is CCCCOC(=O)Cc1csc(C(C)C)n1. The van der Waals surface area contributed by atoms with Gasteiger partial charge in [0.15, 0.2) is 0 Å². The smallest absolute Gasteiger partial charge is 0.311 e. The molecule has 1 aromatic heterocycles. The van der Waals surface area contributed by atoms with Crippen LogP contribution in [0.2, 0.25) is 0 Å². The molecule has 0 fully saturated rings. The molecule has 0 aromatic carbocycles. The first-order valence-electron chi connectivity index (χ1n) is 5.73. The molecule has 3 nitrogen and oxygen atoms in total. The van der Waals surface area contributed by atoms with Crippen molar-refractivity contribution < 1.29 is 9.53 Å². The van der Waals surface area contributed by atoms with Crippen molar-refractivity contribution >= 4 is 17.3 Å². The second-order valence-corrected chi connectivity index (χ2v) is 4.97. The lowest BCUT2D eigenvalue weighted by atomic mass is 10.2. The molecule has 0 aliphatic rings. The molecule has 0 aliphatic carbocycles. The van der Waals surface area contributed by atoms with Crippen molar-refractivity contribution in [2.75, 3.05) is 6.61 Å². The van der Waals surface area contributed by atoms with E-state index < -0.39 is 0 Å². The zero-order chi connectivity index (χ0) is 12.0. The third-order valence-electron chi connectivity index (χ3n) is 2.15. The predicted octanol–water partition coefficient (Wildman–Crippen LogP) is 3.15. The van der Waals surface area contributed by atoms with Gasteiger partial charge in [0, 0.05) is 11.3 Å². The van der Waals surface area contributed by atoms with Gasteiger partial charge < -0.3 is 4.74 Å². The van der Waals surface area contributed by atoms with Gasteiger partial charge in [-0.25, -0.2) is 4.98 Å². The number of carbonyl (C=O) groups is 1. The summed E-state index contributed by atoms with van der Waals surface area (Å²) in [5, 5.41) is 3.02. The highest BCUT2D eigenvalue weighted by Gasteiger charge is 2.10. The van der Waals surface area contributed by atoms with Crippen LogP contribution < -0.4 is 0 Å². The van der Waals surface area contributed by atoms with Gasteiger partial charge in [0.05, 0.1) is 23.7 Å². The number of ether oxygens (including phenoxy) is 1. The number of unbranched alkanes of at least 4 members (excludes halogenated alkanes) is 1. The minimum Gasteiger partial charge on any atom is -0.465 e. The maximum Gasteiger partial charge on any atom is 0.311 e. The minimum atomic E-state index is -0.172. The first kappa shape index (κ1) is 13.2. The van der Waals surface area contributed by atoms with Crippen LogP contribution >= 0.6 is 11.3 Å². The Labute approximate surface area is 101 Å². The molecular weight excluding hydrogens is 222 g/mol. The van der Waals surface area contributed by atoms with Crippen molar-refractivity contribution in [1.82, 2.24) is 4.98 Å². The Morgan fingerprint density at radius 2 is 2.31 bits per heavy atom. The van der Waals surface area contributed by atoms with Crippen LogP contribution in [-0.2, 0) is 16.0 Å². The molecule has 0 N–H and O–H groups in total. The van der Waals surface area contributed by atoms with E-state index in [0.717, 1.165) is 23.5 Å². The van der Waals surface area contributed by atoms with Crippen LogP contribution in [0.4, 0.5) is 0 Å². The normalized spacial score (nSPS) is 10.8. The molecule has 0 saturated heterocycles. The summed E-state index contributed by atoms with van der Waals surface area (Å²) in [6.45, 7) is 6.80. The Bertz CT molecular complexity index is 334. The van der Waals surface area contributed by atoms with Crippen LogP contribution in [0, 0.1) is 0 Å². The topological polar surface area (TPSA) is 39.2 Å². The number of hydrogen-bond donors (Lipinski definition) is 0. The largest absolute Gasteiger partial charge is 0.465 e. The van der Waals surface area contributed by atoms with E-state index in [9.17, 15) is 4.79 Å². The standard InChI is InChI=1S/C12H19NO2S/c1-4-5-6-15-11(14)7-10-8-16-12(13-10)9(2)3/h8-9H,4-7H2,1-3H3. The lowest BCUT2D eigenvalue weighted by molar-refractivity contribution is -0.142. The van der Waals surface area contributed by atoms with E-state index in [1.807, 2.05) is 5.38 Å². The molecule has 0 atom stereocenters. The van der Waals surface area contributed by atoms with Crippen molar-refractivity contribution in [2.24, 2.45) is 0 Å². The number of aromatic nitrogens is 1. The van der Waals surface area contributed by atoms with E-state index in [0.29, 0.717) is 18.9 Å². The van der Waals surface area contributed by atoms with Crippen LogP contribution in [0.5, 0.6) is 0 Å². The highest BCUT2D eigenvalue weighted by Crippen LogP contribution is 2.19. The van der Waals surface area contributed by atoms with Gasteiger partial charge in [0.1, 0.15) is 0 Å². The molecule has 0 spiro atoms. The van der Waals surface area contributed by atoms with Gasteiger partial charge >= 0.3 is 5.97 Å². The zero-order valence-electron chi connectivity index (χ0n) is 10.2. The van der Waals surface area contributed by atoms with Crippen molar-refractivity contribution in [3.05, 3.63) is 16.1 Å². The third kappa shape index (κ3) is 4.31. The van der Waals surface area contributed by atoms with E-state index in [4.69, 9.17) is 4.74 Å². The maximum atomic E-state index is 11.4. The Morgan fingerprint density at radius 1 is 1.56 bits per heavy atom. The molecular formula is C12H19NO2S. The summed E-state index contributed by atoms with van der Waals surface area (Å²) in [5.74, 6) is 0.254. The highest BCUT2D eigenvalue weighted by molar-refractivity contribution is 7.09. The van der Waals surface area contributed by atoms with E-state index in [1.54, 1.807) is 11.3 Å². The lowest BCUT2D eigenvalue weighted by Gasteiger charge is -2.01. The van der Waals surface area contributed by atoms with Crippen LogP contribution in [-0.4, -0.2) is 17.6 Å². The van der Waals surface area contributed by atoms with E-state index in [2.05, 4.69) is 25.8 Å². The lowest BCUT2D eigenvalue weighted by Crippen LogP contribution is -2.09. The number of nitrogens with zero attached hydrogens (tertiary/aromatic N) is 1. The van der Waals surface area contributed by atoms with Crippen molar-refractivity contribution in [3.8, 4) is 0 Å². The maximum absolute atomic E-state index is 11.4. The quantitative estimate of drug-likeness (QED) is 0.567. The molecule has 0 saturated carbocycles. The highest BCUT2D eigenvalue weighted by atomic mass is 32.1. The molecule has 16 heavy (non-hydrogen) atoms. The second-order valence-electron chi connectivity index (χ2n) is 4.08. The third-order valence-corrected chi connectivity index (χ3v) is 3.34. The molecule has 4 heteroatoms. The van der Waals surface area contributed by atoms with Crippen LogP contribution in [0.1, 0.15) is 50.2 Å². The van der Waals surface area contributed by atoms with Gasteiger partial charge in [-0.2, -0.15) is 0 Å². The Balaban J connectivity index is 2.37. The molecule has 1 heterocycles. The van der Waals surface area contributed by atoms with Gasteiger partial charge in [0.25, 0.3) is 0 Å². The molecule has 90 valence electrons. The Morgan fingerprint density at radius 3 is 2.88 bits per heavy atom. The number of thiazole rings is 1. The fraction of sp³-hybridized carbons (Fsp3) is 0.667. The van der Waals surface area contributed by atoms with Gasteiger partial charge in [-0.1, -0.05) is 27.2 Å². The van der Waals surface area contributed by atoms with Gasteiger partial charge in [0.2, 0.25) is 0 Å². The average molecular weight is 241 g/mol. The van der Waals surface area contributed by atoms with E-state index in [-0.39, 0.29) is 5.97 Å². The molecule has 1 aromatic rings. The summed E-state index contributed by atoms with van der Waals surface area (Å²) in [6.07, 6.45) is 2.27. The fourth-order valence-corrected chi connectivity index (χ4v) is 2.03. The molecule has 0 unspecified atom stereocenters. The first-order chi connectivity index (χ1) is 7.63. The number of carbonyl (C=O) groups excluding carboxylic acids is 1. The summed E-state index contributed by atoms with van der Waals surface area (Å²) in [4.78, 5) is 15.8. The zero-order valence-corrected chi connectivity index (χ0v) is 11.0. The monoisotopic (exact) mass is 241 g/mol. The summed E-state index contributed by atoms with van der Waals surface area (Å²) in [6, 6.07) is 0. The summed E-state index contributed by atoms with van der Waals surface area (Å²) in [7, 11) is 0. The number of esters is 1. The predicted molar refractivity (Wildman–Crippen MR) is 65.8 cm³/mol. The first-order valence-corrected chi connectivity index (χ1v) is 6.61. The summed E-state index contributed by atoms with van der Waals surface area (Å²) in [5.41, 5.74) is 0.829. The summed E-state index contributed by atoms with van der Waals surface area (Å²) < 4.78 is 5.08. The number of rotatable bonds is 6. The fourth-order valence-electron chi connectivity index (χ4n) is 1.20.